The Morgan fingerprint density at radius 2 is 1.70 bits per heavy atom. The van der Waals surface area contributed by atoms with Crippen LogP contribution in [0.15, 0.2) is 36.4 Å². The molecule has 2 rings (SSSR count). The van der Waals surface area contributed by atoms with Gasteiger partial charge in [-0.3, -0.25) is 9.59 Å². The molecule has 0 bridgehead atoms. The van der Waals surface area contributed by atoms with Crippen LogP contribution in [0, 0.1) is 6.92 Å². The summed E-state index contributed by atoms with van der Waals surface area (Å²) >= 11 is 0. The average Bonchev–Trinajstić information content (AvgIpc) is 2.64. The quantitative estimate of drug-likeness (QED) is 0.744. The Morgan fingerprint density at radius 3 is 2.33 bits per heavy atom. The summed E-state index contributed by atoms with van der Waals surface area (Å²) in [6.45, 7) is 1.84. The van der Waals surface area contributed by atoms with Crippen LogP contribution in [0.5, 0.6) is 11.5 Å². The standard InChI is InChI=1S/C20H24N2O5/c1-13-9-15(5-7-17(13)22-20(24)12-25-2)21-19(23)11-14-10-16(26-3)6-8-18(14)27-4/h5-10H,11-12H2,1-4H3,(H,21,23)(H,22,24). The van der Waals surface area contributed by atoms with E-state index in [1.54, 1.807) is 50.6 Å². The fraction of sp³-hybridized carbons (Fsp3) is 0.300. The van der Waals surface area contributed by atoms with Crippen molar-refractivity contribution < 1.29 is 23.8 Å². The SMILES string of the molecule is COCC(=O)Nc1ccc(NC(=O)Cc2cc(OC)ccc2OC)cc1C. The number of ether oxygens (including phenoxy) is 3. The highest BCUT2D eigenvalue weighted by Crippen LogP contribution is 2.25. The van der Waals surface area contributed by atoms with E-state index in [0.717, 1.165) is 11.1 Å². The number of nitrogens with one attached hydrogen (secondary N) is 2. The molecule has 0 aliphatic heterocycles. The highest BCUT2D eigenvalue weighted by molar-refractivity contribution is 5.95. The van der Waals surface area contributed by atoms with E-state index in [1.165, 1.54) is 7.11 Å². The second-order valence-corrected chi connectivity index (χ2v) is 5.91. The zero-order chi connectivity index (χ0) is 19.8. The van der Waals surface area contributed by atoms with Crippen molar-refractivity contribution in [2.45, 2.75) is 13.3 Å². The van der Waals surface area contributed by atoms with Gasteiger partial charge in [-0.25, -0.2) is 0 Å². The first-order valence-corrected chi connectivity index (χ1v) is 8.37. The van der Waals surface area contributed by atoms with Gasteiger partial charge in [0.25, 0.3) is 0 Å². The highest BCUT2D eigenvalue weighted by atomic mass is 16.5. The third-order valence-corrected chi connectivity index (χ3v) is 3.90. The molecule has 0 aliphatic rings. The first-order chi connectivity index (χ1) is 13.0. The van der Waals surface area contributed by atoms with Gasteiger partial charge in [0.15, 0.2) is 0 Å². The van der Waals surface area contributed by atoms with Gasteiger partial charge in [0.1, 0.15) is 18.1 Å². The third-order valence-electron chi connectivity index (χ3n) is 3.90. The fourth-order valence-corrected chi connectivity index (χ4v) is 2.60. The highest BCUT2D eigenvalue weighted by Gasteiger charge is 2.12. The number of hydrogen-bond acceptors (Lipinski definition) is 5. The van der Waals surface area contributed by atoms with Gasteiger partial charge >= 0.3 is 0 Å². The Hall–Kier alpha value is -3.06. The lowest BCUT2D eigenvalue weighted by Gasteiger charge is -2.12. The van der Waals surface area contributed by atoms with E-state index in [2.05, 4.69) is 10.6 Å². The molecule has 0 fully saturated rings. The predicted octanol–water partition coefficient (Wildman–Crippen LogP) is 2.78. The van der Waals surface area contributed by atoms with Crippen LogP contribution >= 0.6 is 0 Å². The van der Waals surface area contributed by atoms with Crippen LogP contribution in [0.2, 0.25) is 0 Å². The number of methoxy groups -OCH3 is 3. The van der Waals surface area contributed by atoms with E-state index in [4.69, 9.17) is 14.2 Å². The molecule has 0 aromatic heterocycles. The molecule has 0 aliphatic carbocycles. The van der Waals surface area contributed by atoms with E-state index in [0.29, 0.717) is 22.9 Å². The van der Waals surface area contributed by atoms with Gasteiger partial charge in [-0.15, -0.1) is 0 Å². The van der Waals surface area contributed by atoms with E-state index in [-0.39, 0.29) is 24.8 Å². The molecule has 2 aromatic rings. The summed E-state index contributed by atoms with van der Waals surface area (Å²) in [6.07, 6.45) is 0.145. The number of aryl methyl sites for hydroxylation is 1. The molecule has 0 saturated heterocycles. The van der Waals surface area contributed by atoms with E-state index < -0.39 is 0 Å². The molecule has 0 unspecified atom stereocenters. The molecule has 0 saturated carbocycles. The summed E-state index contributed by atoms with van der Waals surface area (Å²) in [7, 11) is 4.59. The monoisotopic (exact) mass is 372 g/mol. The largest absolute Gasteiger partial charge is 0.497 e. The molecule has 27 heavy (non-hydrogen) atoms. The van der Waals surface area contributed by atoms with Gasteiger partial charge in [-0.05, 0) is 48.9 Å². The maximum atomic E-state index is 12.4. The molecule has 7 nitrogen and oxygen atoms in total. The van der Waals surface area contributed by atoms with Crippen molar-refractivity contribution >= 4 is 23.2 Å². The summed E-state index contributed by atoms with van der Waals surface area (Å²) in [5.41, 5.74) is 2.87. The molecule has 144 valence electrons. The van der Waals surface area contributed by atoms with Crippen LogP contribution in [0.1, 0.15) is 11.1 Å². The topological polar surface area (TPSA) is 85.9 Å². The lowest BCUT2D eigenvalue weighted by molar-refractivity contribution is -0.119. The molecule has 0 radical (unpaired) electrons. The molecule has 0 spiro atoms. The Kier molecular flexibility index (Phi) is 7.19. The van der Waals surface area contributed by atoms with Gasteiger partial charge in [0.05, 0.1) is 20.6 Å². The van der Waals surface area contributed by atoms with E-state index in [9.17, 15) is 9.59 Å². The maximum absolute atomic E-state index is 12.4. The Bertz CT molecular complexity index is 820. The predicted molar refractivity (Wildman–Crippen MR) is 104 cm³/mol. The lowest BCUT2D eigenvalue weighted by Crippen LogP contribution is -2.18. The minimum atomic E-state index is -0.234. The average molecular weight is 372 g/mol. The third kappa shape index (κ3) is 5.72. The first kappa shape index (κ1) is 20.3. The molecule has 2 aromatic carbocycles. The van der Waals surface area contributed by atoms with Crippen molar-refractivity contribution in [1.29, 1.82) is 0 Å². The zero-order valence-electron chi connectivity index (χ0n) is 15.9. The number of anilines is 2. The van der Waals surface area contributed by atoms with Crippen LogP contribution in [0.4, 0.5) is 11.4 Å². The number of carbonyl (C=O) groups excluding carboxylic acids is 2. The van der Waals surface area contributed by atoms with Crippen molar-refractivity contribution in [2.24, 2.45) is 0 Å². The van der Waals surface area contributed by atoms with Gasteiger partial charge in [-0.1, -0.05) is 0 Å². The normalized spacial score (nSPS) is 10.2. The van der Waals surface area contributed by atoms with Crippen molar-refractivity contribution in [1.82, 2.24) is 0 Å². The van der Waals surface area contributed by atoms with Crippen molar-refractivity contribution in [3.63, 3.8) is 0 Å². The van der Waals surface area contributed by atoms with Crippen LogP contribution in [0.25, 0.3) is 0 Å². The second-order valence-electron chi connectivity index (χ2n) is 5.91. The minimum Gasteiger partial charge on any atom is -0.497 e. The Labute approximate surface area is 158 Å². The van der Waals surface area contributed by atoms with Crippen molar-refractivity contribution in [3.8, 4) is 11.5 Å². The smallest absolute Gasteiger partial charge is 0.250 e. The Balaban J connectivity index is 2.06. The molecule has 0 atom stereocenters. The summed E-state index contributed by atoms with van der Waals surface area (Å²) in [6, 6.07) is 10.6. The first-order valence-electron chi connectivity index (χ1n) is 8.37. The van der Waals surface area contributed by atoms with Gasteiger partial charge in [0.2, 0.25) is 11.8 Å². The van der Waals surface area contributed by atoms with Crippen molar-refractivity contribution in [3.05, 3.63) is 47.5 Å². The van der Waals surface area contributed by atoms with Gasteiger partial charge in [0, 0.05) is 24.0 Å². The number of hydrogen-bond donors (Lipinski definition) is 2. The van der Waals surface area contributed by atoms with E-state index >= 15 is 0 Å². The molecular formula is C20H24N2O5. The molecule has 2 amide bonds. The Morgan fingerprint density at radius 1 is 0.926 bits per heavy atom. The zero-order valence-corrected chi connectivity index (χ0v) is 15.9. The number of rotatable bonds is 8. The fourth-order valence-electron chi connectivity index (χ4n) is 2.60. The van der Waals surface area contributed by atoms with Gasteiger partial charge < -0.3 is 24.8 Å². The molecule has 0 heterocycles. The summed E-state index contributed by atoms with van der Waals surface area (Å²) in [5, 5.41) is 5.61. The lowest BCUT2D eigenvalue weighted by atomic mass is 10.1. The molecule has 2 N–H and O–H groups in total. The molecule has 7 heteroatoms. The number of amides is 2. The van der Waals surface area contributed by atoms with E-state index in [1.807, 2.05) is 6.92 Å². The van der Waals surface area contributed by atoms with Crippen molar-refractivity contribution in [2.75, 3.05) is 38.6 Å². The minimum absolute atomic E-state index is 0.0136. The molecular weight excluding hydrogens is 348 g/mol. The van der Waals surface area contributed by atoms with Crippen LogP contribution < -0.4 is 20.1 Å². The summed E-state index contributed by atoms with van der Waals surface area (Å²) in [5.74, 6) is 0.864. The summed E-state index contributed by atoms with van der Waals surface area (Å²) in [4.78, 5) is 24.0. The maximum Gasteiger partial charge on any atom is 0.250 e. The van der Waals surface area contributed by atoms with Crippen LogP contribution in [-0.2, 0) is 20.7 Å². The van der Waals surface area contributed by atoms with Crippen LogP contribution in [0.3, 0.4) is 0 Å². The van der Waals surface area contributed by atoms with Crippen LogP contribution in [-0.4, -0.2) is 39.8 Å². The number of carbonyl (C=O) groups is 2. The van der Waals surface area contributed by atoms with Gasteiger partial charge in [-0.2, -0.15) is 0 Å². The number of benzene rings is 2. The summed E-state index contributed by atoms with van der Waals surface area (Å²) < 4.78 is 15.3. The second kappa shape index (κ2) is 9.59.